The van der Waals surface area contributed by atoms with E-state index >= 15 is 0 Å². The summed E-state index contributed by atoms with van der Waals surface area (Å²) >= 11 is 3.33. The lowest BCUT2D eigenvalue weighted by atomic mass is 9.98. The zero-order valence-electron chi connectivity index (χ0n) is 10.3. The third kappa shape index (κ3) is 2.62. The molecule has 0 saturated carbocycles. The van der Waals surface area contributed by atoms with E-state index in [-0.39, 0.29) is 5.78 Å². The number of nitrogen functional groups attached to an aromatic ring is 1. The first kappa shape index (κ1) is 12.8. The lowest BCUT2D eigenvalue weighted by Gasteiger charge is -2.07. The molecule has 2 N–H and O–H groups in total. The monoisotopic (exact) mass is 303 g/mol. The fraction of sp³-hybridized carbons (Fsp3) is 0.133. The van der Waals surface area contributed by atoms with E-state index in [1.807, 2.05) is 38.1 Å². The van der Waals surface area contributed by atoms with Crippen LogP contribution in [0.4, 0.5) is 5.69 Å². The molecule has 0 fully saturated rings. The molecule has 18 heavy (non-hydrogen) atoms. The second-order valence-electron chi connectivity index (χ2n) is 4.44. The van der Waals surface area contributed by atoms with Crippen molar-refractivity contribution in [2.24, 2.45) is 0 Å². The molecule has 0 aromatic heterocycles. The normalized spacial score (nSPS) is 10.4. The lowest BCUT2D eigenvalue weighted by Crippen LogP contribution is -2.06. The molecule has 0 aliphatic heterocycles. The van der Waals surface area contributed by atoms with Crippen molar-refractivity contribution in [1.29, 1.82) is 0 Å². The summed E-state index contributed by atoms with van der Waals surface area (Å²) in [6.45, 7) is 3.96. The average molecular weight is 304 g/mol. The standard InChI is InChI=1S/C15H14BrNO/c1-9-5-10(2)7-11(6-9)15(18)13-4-3-12(16)8-14(13)17/h3-8H,17H2,1-2H3. The highest BCUT2D eigenvalue weighted by molar-refractivity contribution is 9.10. The predicted octanol–water partition coefficient (Wildman–Crippen LogP) is 3.88. The zero-order valence-corrected chi connectivity index (χ0v) is 11.9. The summed E-state index contributed by atoms with van der Waals surface area (Å²) in [7, 11) is 0. The second kappa shape index (κ2) is 4.94. The van der Waals surface area contributed by atoms with Crippen LogP contribution in [-0.2, 0) is 0 Å². The van der Waals surface area contributed by atoms with Crippen LogP contribution in [0.3, 0.4) is 0 Å². The van der Waals surface area contributed by atoms with Crippen molar-refractivity contribution in [2.45, 2.75) is 13.8 Å². The number of benzene rings is 2. The van der Waals surface area contributed by atoms with Crippen LogP contribution >= 0.6 is 15.9 Å². The fourth-order valence-corrected chi connectivity index (χ4v) is 2.38. The molecule has 2 aromatic rings. The van der Waals surface area contributed by atoms with Gasteiger partial charge in [-0.05, 0) is 44.2 Å². The van der Waals surface area contributed by atoms with E-state index in [1.165, 1.54) is 0 Å². The average Bonchev–Trinajstić information content (AvgIpc) is 2.26. The maximum Gasteiger partial charge on any atom is 0.195 e. The predicted molar refractivity (Wildman–Crippen MR) is 77.9 cm³/mol. The van der Waals surface area contributed by atoms with E-state index < -0.39 is 0 Å². The Hall–Kier alpha value is -1.61. The summed E-state index contributed by atoms with van der Waals surface area (Å²) in [5, 5.41) is 0. The third-order valence-electron chi connectivity index (χ3n) is 2.74. The molecule has 0 bridgehead atoms. The van der Waals surface area contributed by atoms with Gasteiger partial charge < -0.3 is 5.73 Å². The van der Waals surface area contributed by atoms with Gasteiger partial charge in [0.1, 0.15) is 0 Å². The van der Waals surface area contributed by atoms with Gasteiger partial charge in [-0.15, -0.1) is 0 Å². The van der Waals surface area contributed by atoms with Gasteiger partial charge >= 0.3 is 0 Å². The van der Waals surface area contributed by atoms with Crippen LogP contribution in [0, 0.1) is 13.8 Å². The summed E-state index contributed by atoms with van der Waals surface area (Å²) in [5.41, 5.74) is 9.76. The van der Waals surface area contributed by atoms with Gasteiger partial charge in [0.15, 0.2) is 5.78 Å². The molecule has 0 aliphatic rings. The molecule has 2 rings (SSSR count). The largest absolute Gasteiger partial charge is 0.398 e. The SMILES string of the molecule is Cc1cc(C)cc(C(=O)c2ccc(Br)cc2N)c1. The van der Waals surface area contributed by atoms with Gasteiger partial charge in [-0.3, -0.25) is 4.79 Å². The highest BCUT2D eigenvalue weighted by Gasteiger charge is 2.13. The minimum Gasteiger partial charge on any atom is -0.398 e. The molecule has 0 aliphatic carbocycles. The van der Waals surface area contributed by atoms with Crippen LogP contribution < -0.4 is 5.73 Å². The quantitative estimate of drug-likeness (QED) is 0.676. The lowest BCUT2D eigenvalue weighted by molar-refractivity contribution is 0.103. The maximum absolute atomic E-state index is 12.4. The molecule has 0 radical (unpaired) electrons. The summed E-state index contributed by atoms with van der Waals surface area (Å²) in [4.78, 5) is 12.4. The minimum atomic E-state index is -0.0354. The summed E-state index contributed by atoms with van der Waals surface area (Å²) in [6.07, 6.45) is 0. The second-order valence-corrected chi connectivity index (χ2v) is 5.35. The van der Waals surface area contributed by atoms with E-state index in [4.69, 9.17) is 5.73 Å². The van der Waals surface area contributed by atoms with E-state index in [9.17, 15) is 4.79 Å². The molecule has 0 saturated heterocycles. The smallest absolute Gasteiger partial charge is 0.195 e. The van der Waals surface area contributed by atoms with Crippen LogP contribution in [0.5, 0.6) is 0 Å². The Labute approximate surface area is 115 Å². The van der Waals surface area contributed by atoms with Crippen molar-refractivity contribution < 1.29 is 4.79 Å². The molecule has 0 spiro atoms. The number of hydrogen-bond acceptors (Lipinski definition) is 2. The summed E-state index contributed by atoms with van der Waals surface area (Å²) in [6, 6.07) is 11.1. The molecule has 0 atom stereocenters. The van der Waals surface area contributed by atoms with Crippen LogP contribution in [0.25, 0.3) is 0 Å². The first-order chi connectivity index (χ1) is 8.47. The Bertz CT molecular complexity index is 600. The Morgan fingerprint density at radius 2 is 1.67 bits per heavy atom. The van der Waals surface area contributed by atoms with Crippen molar-refractivity contribution in [2.75, 3.05) is 5.73 Å². The van der Waals surface area contributed by atoms with E-state index in [1.54, 1.807) is 12.1 Å². The van der Waals surface area contributed by atoms with E-state index in [0.29, 0.717) is 16.8 Å². The number of ketones is 1. The van der Waals surface area contributed by atoms with Crippen LogP contribution in [0.15, 0.2) is 40.9 Å². The van der Waals surface area contributed by atoms with Gasteiger partial charge in [0.25, 0.3) is 0 Å². The maximum atomic E-state index is 12.4. The molecular formula is C15H14BrNO. The number of anilines is 1. The highest BCUT2D eigenvalue weighted by Crippen LogP contribution is 2.22. The van der Waals surface area contributed by atoms with E-state index in [0.717, 1.165) is 15.6 Å². The molecule has 2 nitrogen and oxygen atoms in total. The highest BCUT2D eigenvalue weighted by atomic mass is 79.9. The number of halogens is 1. The Balaban J connectivity index is 2.47. The number of rotatable bonds is 2. The molecule has 0 unspecified atom stereocenters. The zero-order chi connectivity index (χ0) is 13.3. The molecule has 0 heterocycles. The van der Waals surface area contributed by atoms with E-state index in [2.05, 4.69) is 15.9 Å². The van der Waals surface area contributed by atoms with Crippen LogP contribution in [-0.4, -0.2) is 5.78 Å². The number of carbonyl (C=O) groups is 1. The number of hydrogen-bond donors (Lipinski definition) is 1. The Morgan fingerprint density at radius 1 is 1.06 bits per heavy atom. The number of carbonyl (C=O) groups excluding carboxylic acids is 1. The Kier molecular flexibility index (Phi) is 3.53. The Morgan fingerprint density at radius 3 is 2.22 bits per heavy atom. The van der Waals surface area contributed by atoms with Gasteiger partial charge in [-0.25, -0.2) is 0 Å². The fourth-order valence-electron chi connectivity index (χ4n) is 2.00. The van der Waals surface area contributed by atoms with Gasteiger partial charge in [-0.1, -0.05) is 33.1 Å². The van der Waals surface area contributed by atoms with Crippen molar-refractivity contribution in [3.8, 4) is 0 Å². The third-order valence-corrected chi connectivity index (χ3v) is 3.24. The van der Waals surface area contributed by atoms with Crippen molar-refractivity contribution in [3.05, 3.63) is 63.1 Å². The van der Waals surface area contributed by atoms with Crippen LogP contribution in [0.1, 0.15) is 27.0 Å². The summed E-state index contributed by atoms with van der Waals surface area (Å²) in [5.74, 6) is -0.0354. The number of nitrogens with two attached hydrogens (primary N) is 1. The molecular weight excluding hydrogens is 290 g/mol. The van der Waals surface area contributed by atoms with Crippen molar-refractivity contribution in [3.63, 3.8) is 0 Å². The van der Waals surface area contributed by atoms with Gasteiger partial charge in [-0.2, -0.15) is 0 Å². The van der Waals surface area contributed by atoms with Gasteiger partial charge in [0.05, 0.1) is 0 Å². The molecule has 92 valence electrons. The summed E-state index contributed by atoms with van der Waals surface area (Å²) < 4.78 is 0.872. The van der Waals surface area contributed by atoms with Crippen molar-refractivity contribution in [1.82, 2.24) is 0 Å². The molecule has 3 heteroatoms. The first-order valence-electron chi connectivity index (χ1n) is 5.65. The molecule has 2 aromatic carbocycles. The topological polar surface area (TPSA) is 43.1 Å². The molecule has 0 amide bonds. The first-order valence-corrected chi connectivity index (χ1v) is 6.44. The van der Waals surface area contributed by atoms with Crippen molar-refractivity contribution >= 4 is 27.4 Å². The minimum absolute atomic E-state index is 0.0354. The number of aryl methyl sites for hydroxylation is 2. The van der Waals surface area contributed by atoms with Gasteiger partial charge in [0.2, 0.25) is 0 Å². The van der Waals surface area contributed by atoms with Crippen LogP contribution in [0.2, 0.25) is 0 Å². The van der Waals surface area contributed by atoms with Gasteiger partial charge in [0, 0.05) is 21.3 Å².